The molecule has 58 heavy (non-hydrogen) atoms. The van der Waals surface area contributed by atoms with E-state index < -0.39 is 8.07 Å². The summed E-state index contributed by atoms with van der Waals surface area (Å²) in [6, 6.07) is 72.6. The van der Waals surface area contributed by atoms with Gasteiger partial charge < -0.3 is 4.57 Å². The van der Waals surface area contributed by atoms with Crippen LogP contribution < -0.4 is 20.7 Å². The minimum absolute atomic E-state index is 0.0190. The highest BCUT2D eigenvalue weighted by molar-refractivity contribution is 7.20. The van der Waals surface area contributed by atoms with Gasteiger partial charge in [-0.3, -0.25) is 0 Å². The number of benzene rings is 9. The lowest BCUT2D eigenvalue weighted by atomic mass is 9.60. The topological polar surface area (TPSA) is 4.93 Å². The summed E-state index contributed by atoms with van der Waals surface area (Å²) in [4.78, 5) is 0. The second-order valence-corrected chi connectivity index (χ2v) is 19.4. The van der Waals surface area contributed by atoms with Crippen molar-refractivity contribution in [2.24, 2.45) is 0 Å². The van der Waals surface area contributed by atoms with Crippen LogP contribution in [0.4, 0.5) is 0 Å². The quantitative estimate of drug-likeness (QED) is 0.118. The molecule has 3 aliphatic carbocycles. The molecule has 0 aliphatic heterocycles. The van der Waals surface area contributed by atoms with Crippen molar-refractivity contribution in [3.8, 4) is 16.8 Å². The zero-order valence-corrected chi connectivity index (χ0v) is 32.7. The van der Waals surface area contributed by atoms with Crippen molar-refractivity contribution in [2.45, 2.75) is 11.8 Å². The second-order valence-electron chi connectivity index (χ2n) is 15.6. The molecule has 0 fully saturated rings. The minimum atomic E-state index is -2.94. The van der Waals surface area contributed by atoms with Crippen LogP contribution in [-0.2, 0) is 0 Å². The molecule has 0 amide bonds. The largest absolute Gasteiger partial charge is 0.309 e. The number of fused-ring (bicyclic) bond motifs is 3. The van der Waals surface area contributed by atoms with Gasteiger partial charge in [-0.25, -0.2) is 0 Å². The number of hydrogen-bond donors (Lipinski definition) is 0. The molecule has 272 valence electrons. The minimum Gasteiger partial charge on any atom is -0.309 e. The third-order valence-corrected chi connectivity index (χ3v) is 17.7. The van der Waals surface area contributed by atoms with Crippen molar-refractivity contribution < 1.29 is 5.48 Å². The predicted molar refractivity (Wildman–Crippen MR) is 245 cm³/mol. The van der Waals surface area contributed by atoms with E-state index in [2.05, 4.69) is 176 Å². The first-order chi connectivity index (χ1) is 30.5. The summed E-state index contributed by atoms with van der Waals surface area (Å²) >= 11 is 0. The van der Waals surface area contributed by atoms with E-state index in [0.717, 1.165) is 22.2 Å². The lowest BCUT2D eigenvalue weighted by Gasteiger charge is -2.47. The van der Waals surface area contributed by atoms with Gasteiger partial charge in [0.05, 0.1) is 16.5 Å². The van der Waals surface area contributed by atoms with Gasteiger partial charge in [0.1, 0.15) is 0 Å². The summed E-state index contributed by atoms with van der Waals surface area (Å²) in [5, 5.41) is 6.81. The van der Waals surface area contributed by atoms with Crippen LogP contribution in [0.2, 0.25) is 0 Å². The average molecular weight is 758 g/mol. The first-order valence-corrected chi connectivity index (χ1v) is 22.1. The Hall–Kier alpha value is -7.00. The Labute approximate surface area is 345 Å². The Morgan fingerprint density at radius 3 is 1.67 bits per heavy atom. The number of aromatic nitrogens is 1. The highest BCUT2D eigenvalue weighted by Gasteiger charge is 2.49. The van der Waals surface area contributed by atoms with E-state index in [1.807, 2.05) is 28.8 Å². The average Bonchev–Trinajstić information content (AvgIpc) is 3.69. The first kappa shape index (κ1) is 29.3. The molecule has 1 aromatic heterocycles. The summed E-state index contributed by atoms with van der Waals surface area (Å²) in [5.41, 5.74) is 12.6. The van der Waals surface area contributed by atoms with E-state index in [4.69, 9.17) is 5.48 Å². The predicted octanol–water partition coefficient (Wildman–Crippen LogP) is 10.8. The van der Waals surface area contributed by atoms with Crippen molar-refractivity contribution in [3.63, 3.8) is 0 Å². The summed E-state index contributed by atoms with van der Waals surface area (Å²) in [7, 11) is -2.94. The third kappa shape index (κ3) is 4.64. The Morgan fingerprint density at radius 1 is 0.414 bits per heavy atom. The van der Waals surface area contributed by atoms with E-state index >= 15 is 0 Å². The van der Waals surface area contributed by atoms with Gasteiger partial charge in [0.2, 0.25) is 0 Å². The van der Waals surface area contributed by atoms with Crippen LogP contribution in [0.1, 0.15) is 50.7 Å². The monoisotopic (exact) mass is 757 g/mol. The molecule has 0 N–H and O–H groups in total. The molecule has 0 saturated carbocycles. The molecule has 0 radical (unpaired) electrons. The van der Waals surface area contributed by atoms with Gasteiger partial charge in [-0.05, 0) is 89.5 Å². The zero-order chi connectivity index (χ0) is 41.7. The van der Waals surface area contributed by atoms with Crippen molar-refractivity contribution in [3.05, 3.63) is 258 Å². The fourth-order valence-corrected chi connectivity index (χ4v) is 15.7. The summed E-state index contributed by atoms with van der Waals surface area (Å²) in [6.45, 7) is 0. The van der Waals surface area contributed by atoms with Crippen molar-refractivity contribution >= 4 is 50.6 Å². The number of rotatable bonds is 6. The molecule has 10 aromatic rings. The van der Waals surface area contributed by atoms with Crippen LogP contribution in [-0.4, -0.2) is 12.6 Å². The summed E-state index contributed by atoms with van der Waals surface area (Å²) < 4.78 is 37.3. The second kappa shape index (κ2) is 13.0. The molecule has 2 atom stereocenters. The van der Waals surface area contributed by atoms with Gasteiger partial charge in [-0.15, -0.1) is 0 Å². The molecule has 2 heteroatoms. The van der Waals surface area contributed by atoms with Gasteiger partial charge in [0.15, 0.2) is 8.07 Å². The molecule has 0 saturated heterocycles. The summed E-state index contributed by atoms with van der Waals surface area (Å²) in [5.74, 6) is 0.00658. The lowest BCUT2D eigenvalue weighted by Crippen LogP contribution is -2.75. The van der Waals surface area contributed by atoms with E-state index in [0.29, 0.717) is 10.9 Å². The highest BCUT2D eigenvalue weighted by atomic mass is 28.3. The molecule has 9 aromatic carbocycles. The molecule has 1 nitrogen and oxygen atoms in total. The summed E-state index contributed by atoms with van der Waals surface area (Å²) in [6.07, 6.45) is 0. The maximum Gasteiger partial charge on any atom is 0.179 e. The van der Waals surface area contributed by atoms with Crippen molar-refractivity contribution in [1.29, 1.82) is 0 Å². The van der Waals surface area contributed by atoms with Crippen LogP contribution in [0.15, 0.2) is 224 Å². The molecular weight excluding hydrogens is 715 g/mol. The van der Waals surface area contributed by atoms with Gasteiger partial charge >= 0.3 is 0 Å². The molecule has 1 heterocycles. The smallest absolute Gasteiger partial charge is 0.179 e. The van der Waals surface area contributed by atoms with E-state index in [1.165, 1.54) is 59.7 Å². The van der Waals surface area contributed by atoms with Crippen LogP contribution in [0.25, 0.3) is 38.6 Å². The maximum absolute atomic E-state index is 9.13. The molecule has 2 bridgehead atoms. The van der Waals surface area contributed by atoms with Crippen LogP contribution in [0, 0.1) is 0 Å². The van der Waals surface area contributed by atoms with Gasteiger partial charge in [0, 0.05) is 28.3 Å². The first-order valence-electron chi connectivity index (χ1n) is 22.1. The number of para-hydroxylation sites is 2. The fraction of sp³-hybridized carbons (Fsp3) is 0.0357. The van der Waals surface area contributed by atoms with Crippen LogP contribution >= 0.6 is 0 Å². The molecule has 2 unspecified atom stereocenters. The Balaban J connectivity index is 1.14. The Kier molecular flexibility index (Phi) is 6.57. The number of hydrogen-bond acceptors (Lipinski definition) is 0. The van der Waals surface area contributed by atoms with Crippen molar-refractivity contribution in [2.75, 3.05) is 0 Å². The Morgan fingerprint density at radius 2 is 0.966 bits per heavy atom. The normalized spacial score (nSPS) is 16.2. The number of nitrogens with zero attached hydrogens (tertiary/aromatic N) is 1. The Bertz CT molecular complexity index is 3320. The third-order valence-electron chi connectivity index (χ3n) is 12.8. The molecule has 3 aliphatic rings. The van der Waals surface area contributed by atoms with E-state index in [-0.39, 0.29) is 36.0 Å². The molecule has 0 spiro atoms. The van der Waals surface area contributed by atoms with Gasteiger partial charge in [-0.2, -0.15) is 0 Å². The lowest BCUT2D eigenvalue weighted by molar-refractivity contribution is 0.760. The SMILES string of the molecule is [2H]c1c([2H])c([2H])c2c(c1[2H])c1ccccc1n2-c1cccc(-c2cccc3c2C2c4ccccc4C3c3cccc([Si](c4ccccc4)(c4ccccc4)c4ccccc4)c32)c1. The molecular formula is C56H39NSi. The van der Waals surface area contributed by atoms with Gasteiger partial charge in [-0.1, -0.05) is 200 Å². The highest BCUT2D eigenvalue weighted by Crippen LogP contribution is 2.57. The van der Waals surface area contributed by atoms with Crippen LogP contribution in [0.5, 0.6) is 0 Å². The maximum atomic E-state index is 9.13. The van der Waals surface area contributed by atoms with Crippen LogP contribution in [0.3, 0.4) is 0 Å². The fourth-order valence-electron chi connectivity index (χ4n) is 10.7. The van der Waals surface area contributed by atoms with E-state index in [1.54, 1.807) is 0 Å². The van der Waals surface area contributed by atoms with Crippen molar-refractivity contribution in [1.82, 2.24) is 4.57 Å². The standard InChI is InChI=1S/C56H39NSi/c1-4-21-40(22-5-1)58(41-23-6-2-7-24-41,42-25-8-3-9-26-42)52-36-18-33-49-53-46-29-10-11-30-47(46)56(55(49)52)54-43(31-17-32-48(53)54)38-19-16-20-39(37-38)57-50-34-14-12-27-44(50)45-28-13-15-35-51(45)57/h1-37,53,56H/i12D,14D,27D,34D. The zero-order valence-electron chi connectivity index (χ0n) is 35.7. The van der Waals surface area contributed by atoms with E-state index in [9.17, 15) is 0 Å². The van der Waals surface area contributed by atoms with Gasteiger partial charge in [0.25, 0.3) is 0 Å². The molecule has 13 rings (SSSR count).